The predicted molar refractivity (Wildman–Crippen MR) is 80.9 cm³/mol. The zero-order chi connectivity index (χ0) is 16.1. The number of benzene rings is 1. The lowest BCUT2D eigenvalue weighted by Gasteiger charge is -2.30. The van der Waals surface area contributed by atoms with Crippen molar-refractivity contribution in [3.05, 3.63) is 41.5 Å². The standard InChI is InChI=1S/C16H18N2O4/c17-15(20)13-2-1-9-18(10-13)14(19)8-5-11-3-6-12(7-4-11)16(21)22/h3-8,13H,1-2,9-10H2,(H2,17,20)(H,21,22). The third-order valence-corrected chi connectivity index (χ3v) is 3.71. The topological polar surface area (TPSA) is 101 Å². The molecule has 2 rings (SSSR count). The van der Waals surface area contributed by atoms with Crippen LogP contribution in [0.25, 0.3) is 6.08 Å². The molecule has 0 radical (unpaired) electrons. The Balaban J connectivity index is 1.98. The number of hydrogen-bond acceptors (Lipinski definition) is 3. The van der Waals surface area contributed by atoms with Gasteiger partial charge < -0.3 is 15.7 Å². The lowest BCUT2D eigenvalue weighted by Crippen LogP contribution is -2.43. The van der Waals surface area contributed by atoms with Crippen molar-refractivity contribution in [3.8, 4) is 0 Å². The number of piperidine rings is 1. The van der Waals surface area contributed by atoms with Crippen molar-refractivity contribution < 1.29 is 19.5 Å². The van der Waals surface area contributed by atoms with E-state index in [1.807, 2.05) is 0 Å². The second-order valence-corrected chi connectivity index (χ2v) is 5.29. The number of aromatic carboxylic acids is 1. The maximum Gasteiger partial charge on any atom is 0.335 e. The van der Waals surface area contributed by atoms with Gasteiger partial charge >= 0.3 is 5.97 Å². The van der Waals surface area contributed by atoms with Gasteiger partial charge in [0.1, 0.15) is 0 Å². The summed E-state index contributed by atoms with van der Waals surface area (Å²) in [5, 5.41) is 8.82. The average molecular weight is 302 g/mol. The van der Waals surface area contributed by atoms with Crippen LogP contribution < -0.4 is 5.73 Å². The van der Waals surface area contributed by atoms with E-state index in [0.717, 1.165) is 18.4 Å². The van der Waals surface area contributed by atoms with Gasteiger partial charge in [-0.3, -0.25) is 9.59 Å². The maximum absolute atomic E-state index is 12.1. The van der Waals surface area contributed by atoms with Crippen molar-refractivity contribution in [2.45, 2.75) is 12.8 Å². The van der Waals surface area contributed by atoms with E-state index >= 15 is 0 Å². The van der Waals surface area contributed by atoms with Crippen molar-refractivity contribution in [1.29, 1.82) is 0 Å². The summed E-state index contributed by atoms with van der Waals surface area (Å²) in [6.45, 7) is 0.974. The first-order valence-corrected chi connectivity index (χ1v) is 7.07. The highest BCUT2D eigenvalue weighted by Crippen LogP contribution is 2.16. The normalized spacial score (nSPS) is 18.4. The Morgan fingerprint density at radius 2 is 1.91 bits per heavy atom. The highest BCUT2D eigenvalue weighted by molar-refractivity contribution is 5.92. The predicted octanol–water partition coefficient (Wildman–Crippen LogP) is 1.12. The van der Waals surface area contributed by atoms with E-state index < -0.39 is 5.97 Å². The smallest absolute Gasteiger partial charge is 0.335 e. The van der Waals surface area contributed by atoms with Crippen molar-refractivity contribution in [1.82, 2.24) is 4.90 Å². The molecule has 1 aliphatic heterocycles. The van der Waals surface area contributed by atoms with E-state index in [9.17, 15) is 14.4 Å². The van der Waals surface area contributed by atoms with Crippen LogP contribution in [-0.2, 0) is 9.59 Å². The quantitative estimate of drug-likeness (QED) is 0.814. The van der Waals surface area contributed by atoms with Gasteiger partial charge in [0.05, 0.1) is 11.5 Å². The third kappa shape index (κ3) is 3.94. The molecule has 6 nitrogen and oxygen atoms in total. The van der Waals surface area contributed by atoms with Crippen LogP contribution in [0.3, 0.4) is 0 Å². The number of primary amides is 1. The number of carbonyl (C=O) groups is 3. The number of carboxylic acids is 1. The molecule has 0 spiro atoms. The van der Waals surface area contributed by atoms with E-state index in [1.54, 1.807) is 23.1 Å². The van der Waals surface area contributed by atoms with Crippen LogP contribution in [-0.4, -0.2) is 40.9 Å². The van der Waals surface area contributed by atoms with Crippen LogP contribution in [0.4, 0.5) is 0 Å². The molecule has 1 saturated heterocycles. The number of nitrogens with zero attached hydrogens (tertiary/aromatic N) is 1. The van der Waals surface area contributed by atoms with Gasteiger partial charge in [0.2, 0.25) is 11.8 Å². The van der Waals surface area contributed by atoms with Gasteiger partial charge in [0.15, 0.2) is 0 Å². The Labute approximate surface area is 128 Å². The fourth-order valence-corrected chi connectivity index (χ4v) is 2.42. The molecular weight excluding hydrogens is 284 g/mol. The molecule has 6 heteroatoms. The number of carbonyl (C=O) groups excluding carboxylic acids is 2. The van der Waals surface area contributed by atoms with Gasteiger partial charge in [-0.2, -0.15) is 0 Å². The van der Waals surface area contributed by atoms with Crippen molar-refractivity contribution in [3.63, 3.8) is 0 Å². The zero-order valence-electron chi connectivity index (χ0n) is 12.1. The number of likely N-dealkylation sites (tertiary alicyclic amines) is 1. The number of rotatable bonds is 4. The minimum atomic E-state index is -0.989. The Morgan fingerprint density at radius 3 is 2.50 bits per heavy atom. The summed E-state index contributed by atoms with van der Waals surface area (Å²) in [6, 6.07) is 6.23. The fourth-order valence-electron chi connectivity index (χ4n) is 2.42. The molecule has 1 aromatic rings. The minimum absolute atomic E-state index is 0.173. The Morgan fingerprint density at radius 1 is 1.23 bits per heavy atom. The van der Waals surface area contributed by atoms with Crippen molar-refractivity contribution in [2.75, 3.05) is 13.1 Å². The molecular formula is C16H18N2O4. The van der Waals surface area contributed by atoms with E-state index in [4.69, 9.17) is 10.8 Å². The Hall–Kier alpha value is -2.63. The molecule has 1 fully saturated rings. The summed E-state index contributed by atoms with van der Waals surface area (Å²) >= 11 is 0. The summed E-state index contributed by atoms with van der Waals surface area (Å²) in [5.74, 6) is -1.81. The number of hydrogen-bond donors (Lipinski definition) is 2. The van der Waals surface area contributed by atoms with Gasteiger partial charge in [0, 0.05) is 19.2 Å². The van der Waals surface area contributed by atoms with Gasteiger partial charge in [0.25, 0.3) is 0 Å². The molecule has 2 amide bonds. The minimum Gasteiger partial charge on any atom is -0.478 e. The van der Waals surface area contributed by atoms with Crippen LogP contribution in [0, 0.1) is 5.92 Å². The SMILES string of the molecule is NC(=O)C1CCCN(C(=O)C=Cc2ccc(C(=O)O)cc2)C1. The van der Waals surface area contributed by atoms with Crippen LogP contribution in [0.15, 0.2) is 30.3 Å². The highest BCUT2D eigenvalue weighted by atomic mass is 16.4. The van der Waals surface area contributed by atoms with Gasteiger partial charge in [-0.1, -0.05) is 12.1 Å². The Bertz CT molecular complexity index is 607. The molecule has 116 valence electrons. The average Bonchev–Trinajstić information content (AvgIpc) is 2.53. The molecule has 0 saturated carbocycles. The summed E-state index contributed by atoms with van der Waals surface area (Å²) in [5.41, 5.74) is 6.23. The van der Waals surface area contributed by atoms with E-state index in [2.05, 4.69) is 0 Å². The van der Waals surface area contributed by atoms with E-state index in [0.29, 0.717) is 13.1 Å². The highest BCUT2D eigenvalue weighted by Gasteiger charge is 2.25. The number of carboxylic acid groups (broad SMARTS) is 1. The molecule has 1 heterocycles. The van der Waals surface area contributed by atoms with Gasteiger partial charge in [-0.25, -0.2) is 4.79 Å². The van der Waals surface area contributed by atoms with E-state index in [1.165, 1.54) is 18.2 Å². The molecule has 0 aromatic heterocycles. The summed E-state index contributed by atoms with van der Waals surface area (Å²) in [7, 11) is 0. The zero-order valence-corrected chi connectivity index (χ0v) is 12.1. The number of nitrogens with two attached hydrogens (primary N) is 1. The fraction of sp³-hybridized carbons (Fsp3) is 0.312. The lowest BCUT2D eigenvalue weighted by atomic mass is 9.97. The van der Waals surface area contributed by atoms with Crippen molar-refractivity contribution >= 4 is 23.9 Å². The second-order valence-electron chi connectivity index (χ2n) is 5.29. The molecule has 1 atom stereocenters. The van der Waals surface area contributed by atoms with Crippen LogP contribution in [0.1, 0.15) is 28.8 Å². The largest absolute Gasteiger partial charge is 0.478 e. The van der Waals surface area contributed by atoms with Gasteiger partial charge in [-0.15, -0.1) is 0 Å². The van der Waals surface area contributed by atoms with Crippen LogP contribution >= 0.6 is 0 Å². The number of amides is 2. The first-order valence-electron chi connectivity index (χ1n) is 7.07. The summed E-state index contributed by atoms with van der Waals surface area (Å²) in [4.78, 5) is 35.7. The van der Waals surface area contributed by atoms with Crippen molar-refractivity contribution in [2.24, 2.45) is 11.7 Å². The van der Waals surface area contributed by atoms with Gasteiger partial charge in [-0.05, 0) is 36.6 Å². The van der Waals surface area contributed by atoms with Crippen LogP contribution in [0.5, 0.6) is 0 Å². The maximum atomic E-state index is 12.1. The molecule has 0 bridgehead atoms. The molecule has 3 N–H and O–H groups in total. The third-order valence-electron chi connectivity index (χ3n) is 3.71. The monoisotopic (exact) mass is 302 g/mol. The Kier molecular flexibility index (Phi) is 4.93. The first kappa shape index (κ1) is 15.8. The molecule has 1 aliphatic rings. The second kappa shape index (κ2) is 6.89. The lowest BCUT2D eigenvalue weighted by molar-refractivity contribution is -0.130. The summed E-state index contributed by atoms with van der Waals surface area (Å²) < 4.78 is 0. The van der Waals surface area contributed by atoms with E-state index in [-0.39, 0.29) is 23.3 Å². The molecule has 0 aliphatic carbocycles. The summed E-state index contributed by atoms with van der Waals surface area (Å²) in [6.07, 6.45) is 4.54. The van der Waals surface area contributed by atoms with Crippen LogP contribution in [0.2, 0.25) is 0 Å². The molecule has 1 aromatic carbocycles. The molecule has 1 unspecified atom stereocenters. The first-order chi connectivity index (χ1) is 10.5. The molecule has 22 heavy (non-hydrogen) atoms.